The number of rotatable bonds is 6. The van der Waals surface area contributed by atoms with Crippen LogP contribution in [0.5, 0.6) is 0 Å². The van der Waals surface area contributed by atoms with Gasteiger partial charge in [-0.15, -0.1) is 0 Å². The van der Waals surface area contributed by atoms with E-state index in [-0.39, 0.29) is 0 Å². The summed E-state index contributed by atoms with van der Waals surface area (Å²) in [6.45, 7) is 5.80. The third kappa shape index (κ3) is 5.22. The molecule has 6 nitrogen and oxygen atoms in total. The molecule has 152 valence electrons. The second-order valence-electron chi connectivity index (χ2n) is 7.54. The molecule has 0 saturated heterocycles. The first-order chi connectivity index (χ1) is 14.0. The predicted molar refractivity (Wildman–Crippen MR) is 119 cm³/mol. The molecular formula is C23H30N6. The Balaban J connectivity index is 1.66. The van der Waals surface area contributed by atoms with Crippen molar-refractivity contribution in [3.05, 3.63) is 71.7 Å². The molecule has 29 heavy (non-hydrogen) atoms. The Morgan fingerprint density at radius 1 is 1.21 bits per heavy atom. The molecule has 1 N–H and O–H groups in total. The highest BCUT2D eigenvalue weighted by Crippen LogP contribution is 2.19. The fraction of sp³-hybridized carbons (Fsp3) is 0.348. The number of pyridine rings is 1. The van der Waals surface area contributed by atoms with Crippen LogP contribution < -0.4 is 5.32 Å². The molecule has 0 amide bonds. The molecule has 0 bridgehead atoms. The smallest absolute Gasteiger partial charge is 0.193 e. The third-order valence-corrected chi connectivity index (χ3v) is 4.80. The van der Waals surface area contributed by atoms with Crippen molar-refractivity contribution in [2.45, 2.75) is 32.9 Å². The highest BCUT2D eigenvalue weighted by Gasteiger charge is 2.15. The average molecular weight is 391 g/mol. The van der Waals surface area contributed by atoms with Gasteiger partial charge in [-0.3, -0.25) is 14.7 Å². The van der Waals surface area contributed by atoms with Crippen LogP contribution in [0.4, 0.5) is 0 Å². The molecular weight excluding hydrogens is 360 g/mol. The lowest BCUT2D eigenvalue weighted by Gasteiger charge is -2.22. The minimum atomic E-state index is 0.393. The van der Waals surface area contributed by atoms with Crippen LogP contribution in [-0.2, 0) is 20.1 Å². The quantitative estimate of drug-likeness (QED) is 0.514. The van der Waals surface area contributed by atoms with Crippen molar-refractivity contribution in [2.75, 3.05) is 14.1 Å². The minimum Gasteiger partial charge on any atom is -0.352 e. The molecule has 0 aliphatic heterocycles. The van der Waals surface area contributed by atoms with Crippen molar-refractivity contribution >= 4 is 5.96 Å². The van der Waals surface area contributed by atoms with Gasteiger partial charge in [0.2, 0.25) is 0 Å². The van der Waals surface area contributed by atoms with Crippen molar-refractivity contribution in [1.82, 2.24) is 25.0 Å². The summed E-state index contributed by atoms with van der Waals surface area (Å²) in [5, 5.41) is 8.07. The SMILES string of the molecule is CN=C(NCc1cccc(-c2ccccn2)c1)N(C)Cc1cn(C)nc1C(C)C. The molecule has 2 aromatic heterocycles. The number of guanidine groups is 1. The minimum absolute atomic E-state index is 0.393. The van der Waals surface area contributed by atoms with Crippen LogP contribution in [0.15, 0.2) is 59.9 Å². The van der Waals surface area contributed by atoms with Crippen LogP contribution >= 0.6 is 0 Å². The van der Waals surface area contributed by atoms with E-state index in [1.165, 1.54) is 11.1 Å². The zero-order valence-electron chi connectivity index (χ0n) is 17.9. The lowest BCUT2D eigenvalue weighted by Crippen LogP contribution is -2.38. The van der Waals surface area contributed by atoms with E-state index in [1.54, 1.807) is 0 Å². The maximum atomic E-state index is 4.60. The van der Waals surface area contributed by atoms with E-state index in [0.29, 0.717) is 12.5 Å². The first-order valence-corrected chi connectivity index (χ1v) is 9.92. The molecule has 1 aromatic carbocycles. The molecule has 0 spiro atoms. The largest absolute Gasteiger partial charge is 0.352 e. The standard InChI is InChI=1S/C23H30N6/c1-17(2)22-20(16-29(5)27-22)15-28(4)23(24-3)26-14-18-9-8-10-19(13-18)21-11-6-7-12-25-21/h6-13,16-17H,14-15H2,1-5H3,(H,24,26). The lowest BCUT2D eigenvalue weighted by atomic mass is 10.1. The molecule has 6 heteroatoms. The Kier molecular flexibility index (Phi) is 6.65. The Bertz CT molecular complexity index is 959. The number of benzene rings is 1. The third-order valence-electron chi connectivity index (χ3n) is 4.80. The van der Waals surface area contributed by atoms with Gasteiger partial charge in [-0.2, -0.15) is 5.10 Å². The summed E-state index contributed by atoms with van der Waals surface area (Å²) in [6.07, 6.45) is 3.91. The molecule has 3 rings (SSSR count). The van der Waals surface area contributed by atoms with Gasteiger partial charge < -0.3 is 10.2 Å². The molecule has 0 saturated carbocycles. The molecule has 2 heterocycles. The average Bonchev–Trinajstić information content (AvgIpc) is 3.09. The predicted octanol–water partition coefficient (Wildman–Crippen LogP) is 3.81. The van der Waals surface area contributed by atoms with Gasteiger partial charge in [0, 0.05) is 57.8 Å². The van der Waals surface area contributed by atoms with Crippen LogP contribution in [0.2, 0.25) is 0 Å². The Morgan fingerprint density at radius 2 is 2.03 bits per heavy atom. The van der Waals surface area contributed by atoms with Crippen molar-refractivity contribution in [1.29, 1.82) is 0 Å². The zero-order valence-corrected chi connectivity index (χ0v) is 17.9. The summed E-state index contributed by atoms with van der Waals surface area (Å²) in [6, 6.07) is 14.4. The molecule has 0 aliphatic rings. The Morgan fingerprint density at radius 3 is 2.72 bits per heavy atom. The number of nitrogens with zero attached hydrogens (tertiary/aromatic N) is 5. The van der Waals surface area contributed by atoms with Crippen molar-refractivity contribution in [2.24, 2.45) is 12.0 Å². The summed E-state index contributed by atoms with van der Waals surface area (Å²) in [5.74, 6) is 1.25. The van der Waals surface area contributed by atoms with Gasteiger partial charge in [0.15, 0.2) is 5.96 Å². The summed E-state index contributed by atoms with van der Waals surface area (Å²) in [5.41, 5.74) is 5.65. The van der Waals surface area contributed by atoms with Gasteiger partial charge in [-0.1, -0.05) is 38.1 Å². The highest BCUT2D eigenvalue weighted by atomic mass is 15.3. The van der Waals surface area contributed by atoms with E-state index < -0.39 is 0 Å². The maximum absolute atomic E-state index is 4.60. The number of hydrogen-bond donors (Lipinski definition) is 1. The molecule has 0 unspecified atom stereocenters. The van der Waals surface area contributed by atoms with Crippen molar-refractivity contribution in [3.8, 4) is 11.3 Å². The number of hydrogen-bond acceptors (Lipinski definition) is 3. The molecule has 0 aliphatic carbocycles. The highest BCUT2D eigenvalue weighted by molar-refractivity contribution is 5.79. The lowest BCUT2D eigenvalue weighted by molar-refractivity contribution is 0.473. The van der Waals surface area contributed by atoms with E-state index in [9.17, 15) is 0 Å². The van der Waals surface area contributed by atoms with Gasteiger partial charge >= 0.3 is 0 Å². The first kappa shape index (κ1) is 20.6. The Labute approximate surface area is 173 Å². The second-order valence-corrected chi connectivity index (χ2v) is 7.54. The van der Waals surface area contributed by atoms with Crippen molar-refractivity contribution in [3.63, 3.8) is 0 Å². The number of nitrogens with one attached hydrogen (secondary N) is 1. The normalized spacial score (nSPS) is 11.7. The second kappa shape index (κ2) is 9.37. The molecule has 0 fully saturated rings. The summed E-state index contributed by atoms with van der Waals surface area (Å²) >= 11 is 0. The zero-order chi connectivity index (χ0) is 20.8. The van der Waals surface area contributed by atoms with Crippen LogP contribution in [0.1, 0.15) is 36.6 Å². The summed E-state index contributed by atoms with van der Waals surface area (Å²) < 4.78 is 1.89. The van der Waals surface area contributed by atoms with E-state index in [0.717, 1.165) is 29.5 Å². The van der Waals surface area contributed by atoms with Gasteiger partial charge in [-0.05, 0) is 29.7 Å². The maximum Gasteiger partial charge on any atom is 0.193 e. The fourth-order valence-electron chi connectivity index (χ4n) is 3.43. The first-order valence-electron chi connectivity index (χ1n) is 9.92. The summed E-state index contributed by atoms with van der Waals surface area (Å²) in [7, 11) is 5.84. The molecule has 0 atom stereocenters. The Hall–Kier alpha value is -3.15. The van der Waals surface area contributed by atoms with Crippen LogP contribution in [0, 0.1) is 0 Å². The van der Waals surface area contributed by atoms with Crippen LogP contribution in [0.3, 0.4) is 0 Å². The van der Waals surface area contributed by atoms with Crippen LogP contribution in [-0.4, -0.2) is 39.7 Å². The van der Waals surface area contributed by atoms with Crippen LogP contribution in [0.25, 0.3) is 11.3 Å². The van der Waals surface area contributed by atoms with E-state index in [4.69, 9.17) is 0 Å². The van der Waals surface area contributed by atoms with Gasteiger partial charge in [0.05, 0.1) is 11.4 Å². The van der Waals surface area contributed by atoms with E-state index in [1.807, 2.05) is 43.2 Å². The van der Waals surface area contributed by atoms with E-state index in [2.05, 4.69) is 76.6 Å². The monoisotopic (exact) mass is 390 g/mol. The molecule has 3 aromatic rings. The van der Waals surface area contributed by atoms with E-state index >= 15 is 0 Å². The number of aliphatic imine (C=N–C) groups is 1. The number of aryl methyl sites for hydroxylation is 1. The van der Waals surface area contributed by atoms with Gasteiger partial charge in [0.1, 0.15) is 0 Å². The fourth-order valence-corrected chi connectivity index (χ4v) is 3.43. The van der Waals surface area contributed by atoms with Gasteiger partial charge in [-0.25, -0.2) is 0 Å². The number of aromatic nitrogens is 3. The van der Waals surface area contributed by atoms with Crippen molar-refractivity contribution < 1.29 is 0 Å². The van der Waals surface area contributed by atoms with Gasteiger partial charge in [0.25, 0.3) is 0 Å². The molecule has 0 radical (unpaired) electrons. The topological polar surface area (TPSA) is 58.3 Å². The summed E-state index contributed by atoms with van der Waals surface area (Å²) in [4.78, 5) is 11.0.